The minimum Gasteiger partial charge on any atom is -0.456 e. The zero-order valence-electron chi connectivity index (χ0n) is 22.8. The Morgan fingerprint density at radius 2 is 1.26 bits per heavy atom. The number of rotatable bonds is 5. The van der Waals surface area contributed by atoms with Gasteiger partial charge in [0, 0.05) is 21.5 Å². The summed E-state index contributed by atoms with van der Waals surface area (Å²) in [7, 11) is 0. The lowest BCUT2D eigenvalue weighted by Gasteiger charge is -2.15. The molecule has 0 aliphatic heterocycles. The zero-order valence-corrected chi connectivity index (χ0v) is 22.8. The fraction of sp³-hybridized carbons (Fsp3) is 0.0263. The van der Waals surface area contributed by atoms with Gasteiger partial charge in [-0.1, -0.05) is 109 Å². The number of furan rings is 1. The smallest absolute Gasteiger partial charge is 0.136 e. The Kier molecular flexibility index (Phi) is 5.73. The van der Waals surface area contributed by atoms with Crippen LogP contribution in [0.4, 0.5) is 5.69 Å². The predicted molar refractivity (Wildman–Crippen MR) is 175 cm³/mol. The quantitative estimate of drug-likeness (QED) is 0.174. The Morgan fingerprint density at radius 3 is 2.12 bits per heavy atom. The fourth-order valence-corrected chi connectivity index (χ4v) is 6.02. The molecule has 0 saturated carbocycles. The van der Waals surface area contributed by atoms with E-state index in [4.69, 9.17) is 15.1 Å². The van der Waals surface area contributed by atoms with Gasteiger partial charge >= 0.3 is 0 Å². The molecule has 6 aromatic carbocycles. The molecule has 0 amide bonds. The number of fused-ring (bicyclic) bond motifs is 6. The second-order valence-electron chi connectivity index (χ2n) is 10.6. The first-order valence-corrected chi connectivity index (χ1v) is 14.1. The van der Waals surface area contributed by atoms with E-state index < -0.39 is 0 Å². The molecule has 0 aliphatic rings. The molecule has 42 heavy (non-hydrogen) atoms. The maximum atomic E-state index is 6.85. The van der Waals surface area contributed by atoms with Crippen LogP contribution in [0, 0.1) is 0 Å². The standard InChI is InChI=1S/C38H27N3O/c39-38(27-20-18-26(19-21-27)25-10-2-1-3-11-25)30-14-4-7-15-33(30)40-24-41-34-16-8-5-12-28(34)31-23-37-32(22-35(31)41)29-13-6-9-17-36(29)42-37/h1-24,38H,39H2/b40-24+. The van der Waals surface area contributed by atoms with Crippen molar-refractivity contribution in [3.8, 4) is 11.1 Å². The molecule has 0 saturated heterocycles. The number of aliphatic imine (C=N–C) groups is 1. The lowest BCUT2D eigenvalue weighted by Crippen LogP contribution is -2.12. The van der Waals surface area contributed by atoms with E-state index in [0.717, 1.165) is 60.6 Å². The molecular weight excluding hydrogens is 514 g/mol. The number of benzene rings is 6. The van der Waals surface area contributed by atoms with Gasteiger partial charge in [0.2, 0.25) is 0 Å². The minimum absolute atomic E-state index is 0.307. The van der Waals surface area contributed by atoms with Gasteiger partial charge in [-0.2, -0.15) is 0 Å². The van der Waals surface area contributed by atoms with Gasteiger partial charge in [0.25, 0.3) is 0 Å². The molecule has 0 spiro atoms. The van der Waals surface area contributed by atoms with E-state index in [1.165, 1.54) is 11.1 Å². The Labute approximate surface area is 243 Å². The van der Waals surface area contributed by atoms with Crippen molar-refractivity contribution in [1.29, 1.82) is 0 Å². The molecule has 2 N–H and O–H groups in total. The summed E-state index contributed by atoms with van der Waals surface area (Å²) in [6.45, 7) is 0. The Hall–Kier alpha value is -5.45. The second-order valence-corrected chi connectivity index (χ2v) is 10.6. The number of aromatic nitrogens is 1. The third-order valence-electron chi connectivity index (χ3n) is 8.17. The number of hydrogen-bond donors (Lipinski definition) is 1. The summed E-state index contributed by atoms with van der Waals surface area (Å²) in [5.74, 6) is 0. The van der Waals surface area contributed by atoms with Crippen LogP contribution in [0.3, 0.4) is 0 Å². The number of nitrogens with zero attached hydrogens (tertiary/aromatic N) is 2. The van der Waals surface area contributed by atoms with Crippen LogP contribution < -0.4 is 5.73 Å². The van der Waals surface area contributed by atoms with Crippen LogP contribution in [0.2, 0.25) is 0 Å². The average molecular weight is 542 g/mol. The van der Waals surface area contributed by atoms with E-state index in [2.05, 4.69) is 102 Å². The van der Waals surface area contributed by atoms with E-state index in [1.807, 2.05) is 48.8 Å². The first-order chi connectivity index (χ1) is 20.7. The average Bonchev–Trinajstić information content (AvgIpc) is 3.57. The summed E-state index contributed by atoms with van der Waals surface area (Å²) in [6, 6.07) is 47.7. The van der Waals surface area contributed by atoms with Crippen molar-refractivity contribution < 1.29 is 4.42 Å². The first kappa shape index (κ1) is 24.4. The molecule has 8 aromatic rings. The summed E-state index contributed by atoms with van der Waals surface area (Å²) in [4.78, 5) is 5.03. The van der Waals surface area contributed by atoms with Gasteiger partial charge in [0.05, 0.1) is 22.8 Å². The van der Waals surface area contributed by atoms with Crippen molar-refractivity contribution in [2.24, 2.45) is 10.7 Å². The molecule has 200 valence electrons. The first-order valence-electron chi connectivity index (χ1n) is 14.1. The van der Waals surface area contributed by atoms with Gasteiger partial charge in [0.1, 0.15) is 17.5 Å². The van der Waals surface area contributed by atoms with Crippen LogP contribution in [-0.4, -0.2) is 10.9 Å². The van der Waals surface area contributed by atoms with E-state index in [-0.39, 0.29) is 6.04 Å². The lowest BCUT2D eigenvalue weighted by atomic mass is 9.96. The second kappa shape index (κ2) is 9.88. The number of para-hydroxylation sites is 3. The van der Waals surface area contributed by atoms with Gasteiger partial charge < -0.3 is 10.2 Å². The van der Waals surface area contributed by atoms with E-state index in [9.17, 15) is 0 Å². The van der Waals surface area contributed by atoms with Crippen LogP contribution >= 0.6 is 0 Å². The molecule has 4 nitrogen and oxygen atoms in total. The van der Waals surface area contributed by atoms with Gasteiger partial charge in [-0.15, -0.1) is 0 Å². The predicted octanol–water partition coefficient (Wildman–Crippen LogP) is 9.62. The van der Waals surface area contributed by atoms with Crippen LogP contribution in [0.5, 0.6) is 0 Å². The third-order valence-corrected chi connectivity index (χ3v) is 8.17. The molecule has 1 atom stereocenters. The largest absolute Gasteiger partial charge is 0.456 e. The molecule has 1 unspecified atom stereocenters. The maximum Gasteiger partial charge on any atom is 0.136 e. The summed E-state index contributed by atoms with van der Waals surface area (Å²) in [5, 5.41) is 4.49. The molecule has 0 aliphatic carbocycles. The minimum atomic E-state index is -0.307. The Balaban J connectivity index is 1.21. The Bertz CT molecular complexity index is 2260. The number of nitrogens with two attached hydrogens (primary N) is 1. The van der Waals surface area contributed by atoms with Crippen molar-refractivity contribution >= 4 is 55.8 Å². The van der Waals surface area contributed by atoms with Crippen LogP contribution in [-0.2, 0) is 0 Å². The normalized spacial score (nSPS) is 12.7. The van der Waals surface area contributed by atoms with Crippen molar-refractivity contribution in [1.82, 2.24) is 4.57 Å². The molecule has 2 heterocycles. The molecule has 8 rings (SSSR count). The third kappa shape index (κ3) is 4.00. The van der Waals surface area contributed by atoms with Crippen molar-refractivity contribution in [3.05, 3.63) is 151 Å². The van der Waals surface area contributed by atoms with Crippen LogP contribution in [0.25, 0.3) is 54.9 Å². The van der Waals surface area contributed by atoms with Gasteiger partial charge in [0.15, 0.2) is 0 Å². The van der Waals surface area contributed by atoms with Gasteiger partial charge in [-0.25, -0.2) is 4.99 Å². The van der Waals surface area contributed by atoms with Crippen molar-refractivity contribution in [3.63, 3.8) is 0 Å². The van der Waals surface area contributed by atoms with E-state index in [0.29, 0.717) is 0 Å². The molecule has 4 heteroatoms. The molecule has 0 fully saturated rings. The molecular formula is C38H27N3O. The highest BCUT2D eigenvalue weighted by Crippen LogP contribution is 2.37. The topological polar surface area (TPSA) is 56.4 Å². The van der Waals surface area contributed by atoms with Crippen molar-refractivity contribution in [2.45, 2.75) is 6.04 Å². The summed E-state index contributed by atoms with van der Waals surface area (Å²) in [6.07, 6.45) is 1.92. The van der Waals surface area contributed by atoms with Crippen LogP contribution in [0.1, 0.15) is 17.2 Å². The van der Waals surface area contributed by atoms with E-state index >= 15 is 0 Å². The summed E-state index contributed by atoms with van der Waals surface area (Å²) in [5.41, 5.74) is 16.0. The maximum absolute atomic E-state index is 6.85. The zero-order chi connectivity index (χ0) is 28.0. The van der Waals surface area contributed by atoms with Crippen molar-refractivity contribution in [2.75, 3.05) is 0 Å². The van der Waals surface area contributed by atoms with Crippen LogP contribution in [0.15, 0.2) is 149 Å². The molecule has 2 aromatic heterocycles. The lowest BCUT2D eigenvalue weighted by molar-refractivity contribution is 0.669. The monoisotopic (exact) mass is 541 g/mol. The Morgan fingerprint density at radius 1 is 0.571 bits per heavy atom. The fourth-order valence-electron chi connectivity index (χ4n) is 6.02. The highest BCUT2D eigenvalue weighted by Gasteiger charge is 2.16. The summed E-state index contributed by atoms with van der Waals surface area (Å²) >= 11 is 0. The summed E-state index contributed by atoms with van der Waals surface area (Å²) < 4.78 is 8.38. The SMILES string of the molecule is NC(c1ccc(-c2ccccc2)cc1)c1ccccc1/N=C/n1c2ccccc2c2cc3oc4ccccc4c3cc21. The highest BCUT2D eigenvalue weighted by atomic mass is 16.3. The van der Waals surface area contributed by atoms with E-state index in [1.54, 1.807) is 0 Å². The molecule has 0 bridgehead atoms. The molecule has 0 radical (unpaired) electrons. The highest BCUT2D eigenvalue weighted by molar-refractivity contribution is 6.18. The number of hydrogen-bond acceptors (Lipinski definition) is 3. The van der Waals surface area contributed by atoms with Gasteiger partial charge in [-0.05, 0) is 52.6 Å². The van der Waals surface area contributed by atoms with Gasteiger partial charge in [-0.3, -0.25) is 4.57 Å².